The van der Waals surface area contributed by atoms with Crippen LogP contribution in [0.1, 0.15) is 13.3 Å². The Labute approximate surface area is 103 Å². The minimum Gasteiger partial charge on any atom is -0.497 e. The number of hydrogen-bond donors (Lipinski definition) is 2. The van der Waals surface area contributed by atoms with Crippen LogP contribution < -0.4 is 15.8 Å². The average molecular weight is 287 g/mol. The van der Waals surface area contributed by atoms with Crippen molar-refractivity contribution in [2.75, 3.05) is 12.4 Å². The number of primary amides is 1. The summed E-state index contributed by atoms with van der Waals surface area (Å²) in [5.41, 5.74) is 6.03. The number of hydrogen-bond acceptors (Lipinski definition) is 3. The second-order valence-corrected chi connectivity index (χ2v) is 4.42. The maximum Gasteiger partial charge on any atom is 0.219 e. The van der Waals surface area contributed by atoms with E-state index in [1.807, 2.05) is 25.1 Å². The first kappa shape index (κ1) is 12.8. The van der Waals surface area contributed by atoms with Gasteiger partial charge in [-0.2, -0.15) is 0 Å². The van der Waals surface area contributed by atoms with Crippen LogP contribution in [0.25, 0.3) is 0 Å². The van der Waals surface area contributed by atoms with Crippen molar-refractivity contribution in [1.82, 2.24) is 0 Å². The first-order valence-corrected chi connectivity index (χ1v) is 5.70. The third-order valence-electron chi connectivity index (χ3n) is 2.09. The summed E-state index contributed by atoms with van der Waals surface area (Å²) in [5.74, 6) is 0.463. The molecule has 16 heavy (non-hydrogen) atoms. The lowest BCUT2D eigenvalue weighted by molar-refractivity contribution is -0.118. The lowest BCUT2D eigenvalue weighted by Gasteiger charge is -2.15. The highest BCUT2D eigenvalue weighted by atomic mass is 79.9. The van der Waals surface area contributed by atoms with E-state index >= 15 is 0 Å². The van der Waals surface area contributed by atoms with Crippen molar-refractivity contribution >= 4 is 27.5 Å². The van der Waals surface area contributed by atoms with Gasteiger partial charge in [-0.05, 0) is 41.1 Å². The topological polar surface area (TPSA) is 64.3 Å². The van der Waals surface area contributed by atoms with Crippen molar-refractivity contribution in [3.63, 3.8) is 0 Å². The van der Waals surface area contributed by atoms with Gasteiger partial charge in [-0.1, -0.05) is 0 Å². The van der Waals surface area contributed by atoms with E-state index in [9.17, 15) is 4.79 Å². The van der Waals surface area contributed by atoms with E-state index < -0.39 is 0 Å². The molecule has 4 nitrogen and oxygen atoms in total. The molecule has 3 N–H and O–H groups in total. The third kappa shape index (κ3) is 3.73. The van der Waals surface area contributed by atoms with E-state index in [-0.39, 0.29) is 11.9 Å². The van der Waals surface area contributed by atoms with E-state index in [2.05, 4.69) is 21.2 Å². The Hall–Kier alpha value is -1.23. The van der Waals surface area contributed by atoms with Crippen molar-refractivity contribution in [2.24, 2.45) is 5.73 Å². The van der Waals surface area contributed by atoms with Gasteiger partial charge in [-0.25, -0.2) is 0 Å². The van der Waals surface area contributed by atoms with E-state index in [0.717, 1.165) is 15.9 Å². The summed E-state index contributed by atoms with van der Waals surface area (Å²) in [6.45, 7) is 1.90. The Morgan fingerprint density at radius 3 is 2.81 bits per heavy atom. The van der Waals surface area contributed by atoms with Crippen LogP contribution in [0.4, 0.5) is 5.69 Å². The molecular weight excluding hydrogens is 272 g/mol. The molecule has 0 radical (unpaired) electrons. The quantitative estimate of drug-likeness (QED) is 0.872. The van der Waals surface area contributed by atoms with Gasteiger partial charge in [0.2, 0.25) is 5.91 Å². The smallest absolute Gasteiger partial charge is 0.219 e. The predicted octanol–water partition coefficient (Wildman–Crippen LogP) is 2.13. The third-order valence-corrected chi connectivity index (χ3v) is 2.74. The molecule has 0 saturated heterocycles. The zero-order valence-corrected chi connectivity index (χ0v) is 10.9. The highest BCUT2D eigenvalue weighted by molar-refractivity contribution is 9.10. The van der Waals surface area contributed by atoms with Gasteiger partial charge in [-0.3, -0.25) is 4.79 Å². The van der Waals surface area contributed by atoms with Gasteiger partial charge >= 0.3 is 0 Å². The SMILES string of the molecule is COc1ccc(NC(C)CC(N)=O)c(Br)c1. The fourth-order valence-corrected chi connectivity index (χ4v) is 1.83. The summed E-state index contributed by atoms with van der Waals surface area (Å²) >= 11 is 3.42. The molecule has 0 aliphatic heterocycles. The van der Waals surface area contributed by atoms with Gasteiger partial charge in [0.25, 0.3) is 0 Å². The van der Waals surface area contributed by atoms with E-state index in [4.69, 9.17) is 10.5 Å². The normalized spacial score (nSPS) is 11.9. The number of methoxy groups -OCH3 is 1. The number of benzene rings is 1. The van der Waals surface area contributed by atoms with Gasteiger partial charge in [0.05, 0.1) is 7.11 Å². The van der Waals surface area contributed by atoms with Gasteiger partial charge in [0.15, 0.2) is 0 Å². The van der Waals surface area contributed by atoms with E-state index in [0.29, 0.717) is 6.42 Å². The van der Waals surface area contributed by atoms with Crippen LogP contribution in [0.15, 0.2) is 22.7 Å². The number of amides is 1. The molecule has 0 bridgehead atoms. The van der Waals surface area contributed by atoms with Gasteiger partial charge < -0.3 is 15.8 Å². The predicted molar refractivity (Wildman–Crippen MR) is 67.6 cm³/mol. The lowest BCUT2D eigenvalue weighted by Crippen LogP contribution is -2.24. The molecule has 0 aliphatic rings. The largest absolute Gasteiger partial charge is 0.497 e. The van der Waals surface area contributed by atoms with E-state index in [1.165, 1.54) is 0 Å². The molecule has 0 saturated carbocycles. The second kappa shape index (κ2) is 5.75. The van der Waals surface area contributed by atoms with Crippen LogP contribution in [-0.4, -0.2) is 19.1 Å². The minimum atomic E-state index is -0.315. The van der Waals surface area contributed by atoms with Crippen molar-refractivity contribution in [1.29, 1.82) is 0 Å². The lowest BCUT2D eigenvalue weighted by atomic mass is 10.2. The molecule has 0 aromatic heterocycles. The van der Waals surface area contributed by atoms with Crippen molar-refractivity contribution in [3.05, 3.63) is 22.7 Å². The minimum absolute atomic E-state index is 0.00203. The number of halogens is 1. The van der Waals surface area contributed by atoms with Crippen molar-refractivity contribution in [2.45, 2.75) is 19.4 Å². The standard InChI is InChI=1S/C11H15BrN2O2/c1-7(5-11(13)15)14-10-4-3-8(16-2)6-9(10)12/h3-4,6-7,14H,5H2,1-2H3,(H2,13,15). The Morgan fingerprint density at radius 1 is 1.62 bits per heavy atom. The van der Waals surface area contributed by atoms with Crippen LogP contribution in [-0.2, 0) is 4.79 Å². The Bertz CT molecular complexity index is 382. The number of rotatable bonds is 5. The average Bonchev–Trinajstić information content (AvgIpc) is 2.19. The van der Waals surface area contributed by atoms with Gasteiger partial charge in [0.1, 0.15) is 5.75 Å². The molecule has 88 valence electrons. The number of carbonyl (C=O) groups excluding carboxylic acids is 1. The second-order valence-electron chi connectivity index (χ2n) is 3.56. The Morgan fingerprint density at radius 2 is 2.31 bits per heavy atom. The highest BCUT2D eigenvalue weighted by Crippen LogP contribution is 2.27. The molecular formula is C11H15BrN2O2. The van der Waals surface area contributed by atoms with Crippen molar-refractivity contribution in [3.8, 4) is 5.75 Å². The molecule has 0 spiro atoms. The van der Waals surface area contributed by atoms with Crippen molar-refractivity contribution < 1.29 is 9.53 Å². The molecule has 1 aromatic rings. The summed E-state index contributed by atoms with van der Waals surface area (Å²) in [4.78, 5) is 10.7. The zero-order chi connectivity index (χ0) is 12.1. The summed E-state index contributed by atoms with van der Waals surface area (Å²) in [6, 6.07) is 5.60. The number of nitrogens with one attached hydrogen (secondary N) is 1. The maximum atomic E-state index is 10.7. The van der Waals surface area contributed by atoms with Crippen LogP contribution in [0.3, 0.4) is 0 Å². The van der Waals surface area contributed by atoms with Crippen LogP contribution >= 0.6 is 15.9 Å². The molecule has 0 aliphatic carbocycles. The molecule has 0 fully saturated rings. The molecule has 1 unspecified atom stereocenters. The molecule has 0 heterocycles. The first-order valence-electron chi connectivity index (χ1n) is 4.91. The fraction of sp³-hybridized carbons (Fsp3) is 0.364. The van der Waals surface area contributed by atoms with Gasteiger partial charge in [-0.15, -0.1) is 0 Å². The zero-order valence-electron chi connectivity index (χ0n) is 9.29. The van der Waals surface area contributed by atoms with E-state index in [1.54, 1.807) is 7.11 Å². The van der Waals surface area contributed by atoms with Crippen LogP contribution in [0, 0.1) is 0 Å². The number of carbonyl (C=O) groups is 1. The summed E-state index contributed by atoms with van der Waals surface area (Å²) < 4.78 is 5.98. The summed E-state index contributed by atoms with van der Waals surface area (Å²) in [5, 5.41) is 3.19. The molecule has 1 aromatic carbocycles. The fourth-order valence-electron chi connectivity index (χ4n) is 1.36. The molecule has 1 atom stereocenters. The van der Waals surface area contributed by atoms with Gasteiger partial charge in [0, 0.05) is 22.6 Å². The highest BCUT2D eigenvalue weighted by Gasteiger charge is 2.08. The summed E-state index contributed by atoms with van der Waals surface area (Å²) in [6.07, 6.45) is 0.304. The maximum absolute atomic E-state index is 10.7. The van der Waals surface area contributed by atoms with Crippen LogP contribution in [0.5, 0.6) is 5.75 Å². The monoisotopic (exact) mass is 286 g/mol. The summed E-state index contributed by atoms with van der Waals surface area (Å²) in [7, 11) is 1.62. The van der Waals surface area contributed by atoms with Crippen LogP contribution in [0.2, 0.25) is 0 Å². The Balaban J connectivity index is 2.70. The first-order chi connectivity index (χ1) is 7.52. The number of nitrogens with two attached hydrogens (primary N) is 1. The molecule has 1 rings (SSSR count). The molecule has 5 heteroatoms. The molecule has 1 amide bonds. The number of ether oxygens (including phenoxy) is 1. The Kier molecular flexibility index (Phi) is 4.61. The number of anilines is 1.